The standard InChI is InChI=1S/C24H21F3N6O2/c1-13(34)28-19-10-16-12-32(9-8-15(16)11-20(19)35-24(25,26)27)23-18-5-3-2-4-17(18)22-30-29-21(14-6-7-14)33(22)31-23/h2-5,10-11,14H,6-9,12H2,1H3,(H,28,34). The van der Waals surface area contributed by atoms with Gasteiger partial charge < -0.3 is 15.0 Å². The van der Waals surface area contributed by atoms with Gasteiger partial charge in [0, 0.05) is 36.7 Å². The predicted molar refractivity (Wildman–Crippen MR) is 122 cm³/mol. The van der Waals surface area contributed by atoms with Crippen LogP contribution in [0, 0.1) is 0 Å². The normalized spacial score (nSPS) is 15.9. The lowest BCUT2D eigenvalue weighted by atomic mass is 9.98. The molecule has 180 valence electrons. The molecular weight excluding hydrogens is 461 g/mol. The molecule has 0 unspecified atom stereocenters. The minimum absolute atomic E-state index is 0.0153. The number of amides is 1. The van der Waals surface area contributed by atoms with E-state index in [4.69, 9.17) is 5.10 Å². The number of hydrogen-bond acceptors (Lipinski definition) is 6. The number of aromatic nitrogens is 4. The van der Waals surface area contributed by atoms with Crippen LogP contribution in [0.25, 0.3) is 16.4 Å². The van der Waals surface area contributed by atoms with Gasteiger partial charge in [0.05, 0.1) is 5.69 Å². The van der Waals surface area contributed by atoms with E-state index in [0.717, 1.165) is 46.4 Å². The first-order valence-electron chi connectivity index (χ1n) is 11.3. The molecule has 0 spiro atoms. The SMILES string of the molecule is CC(=O)Nc1cc2c(cc1OC(F)(F)F)CCN(c1nn3c(C4CC4)nnc3c3ccccc13)C2. The van der Waals surface area contributed by atoms with Crippen molar-refractivity contribution in [2.45, 2.75) is 45.0 Å². The van der Waals surface area contributed by atoms with Crippen LogP contribution in [0.2, 0.25) is 0 Å². The summed E-state index contributed by atoms with van der Waals surface area (Å²) >= 11 is 0. The van der Waals surface area contributed by atoms with Crippen molar-refractivity contribution in [1.82, 2.24) is 19.8 Å². The van der Waals surface area contributed by atoms with E-state index in [0.29, 0.717) is 31.1 Å². The van der Waals surface area contributed by atoms with Crippen LogP contribution in [0.15, 0.2) is 36.4 Å². The highest BCUT2D eigenvalue weighted by molar-refractivity contribution is 6.00. The molecule has 2 aliphatic rings. The van der Waals surface area contributed by atoms with Crippen LogP contribution in [-0.2, 0) is 17.8 Å². The largest absolute Gasteiger partial charge is 0.573 e. The Morgan fingerprint density at radius 1 is 1.11 bits per heavy atom. The second kappa shape index (κ2) is 7.82. The molecule has 0 atom stereocenters. The lowest BCUT2D eigenvalue weighted by molar-refractivity contribution is -0.274. The fourth-order valence-corrected chi connectivity index (χ4v) is 4.67. The van der Waals surface area contributed by atoms with Crippen molar-refractivity contribution in [3.63, 3.8) is 0 Å². The average molecular weight is 482 g/mol. The molecule has 1 amide bonds. The van der Waals surface area contributed by atoms with E-state index < -0.39 is 18.0 Å². The smallest absolute Gasteiger partial charge is 0.404 e. The molecule has 35 heavy (non-hydrogen) atoms. The fraction of sp³-hybridized carbons (Fsp3) is 0.333. The number of nitrogens with zero attached hydrogens (tertiary/aromatic N) is 5. The van der Waals surface area contributed by atoms with Crippen molar-refractivity contribution in [3.05, 3.63) is 53.3 Å². The Morgan fingerprint density at radius 3 is 2.60 bits per heavy atom. The highest BCUT2D eigenvalue weighted by atomic mass is 19.4. The first kappa shape index (κ1) is 21.6. The van der Waals surface area contributed by atoms with E-state index in [1.165, 1.54) is 13.0 Å². The van der Waals surface area contributed by atoms with Crippen molar-refractivity contribution in [2.24, 2.45) is 0 Å². The molecule has 1 fully saturated rings. The van der Waals surface area contributed by atoms with Crippen LogP contribution in [0.1, 0.15) is 42.6 Å². The Morgan fingerprint density at radius 2 is 1.89 bits per heavy atom. The summed E-state index contributed by atoms with van der Waals surface area (Å²) in [4.78, 5) is 13.7. The summed E-state index contributed by atoms with van der Waals surface area (Å²) in [5.41, 5.74) is 2.23. The molecule has 11 heteroatoms. The molecule has 1 aliphatic carbocycles. The van der Waals surface area contributed by atoms with E-state index in [-0.39, 0.29) is 5.69 Å². The lowest BCUT2D eigenvalue weighted by Crippen LogP contribution is -2.32. The number of nitrogens with one attached hydrogen (secondary N) is 1. The number of anilines is 2. The average Bonchev–Trinajstić information content (AvgIpc) is 3.56. The highest BCUT2D eigenvalue weighted by Crippen LogP contribution is 2.41. The molecule has 1 saturated carbocycles. The zero-order chi connectivity index (χ0) is 24.3. The van der Waals surface area contributed by atoms with Gasteiger partial charge >= 0.3 is 6.36 Å². The zero-order valence-corrected chi connectivity index (χ0v) is 18.8. The maximum Gasteiger partial charge on any atom is 0.573 e. The van der Waals surface area contributed by atoms with Gasteiger partial charge in [-0.1, -0.05) is 24.3 Å². The third kappa shape index (κ3) is 4.00. The quantitative estimate of drug-likeness (QED) is 0.459. The molecule has 1 N–H and O–H groups in total. The maximum absolute atomic E-state index is 13.0. The van der Waals surface area contributed by atoms with Gasteiger partial charge in [-0.25, -0.2) is 0 Å². The number of halogens is 3. The number of hydrogen-bond donors (Lipinski definition) is 1. The van der Waals surface area contributed by atoms with E-state index >= 15 is 0 Å². The summed E-state index contributed by atoms with van der Waals surface area (Å²) in [6, 6.07) is 10.8. The summed E-state index contributed by atoms with van der Waals surface area (Å²) in [5.74, 6) is 1.08. The van der Waals surface area contributed by atoms with Crippen molar-refractivity contribution in [1.29, 1.82) is 0 Å². The molecule has 6 rings (SSSR count). The molecule has 0 radical (unpaired) electrons. The van der Waals surface area contributed by atoms with E-state index in [2.05, 4.69) is 25.2 Å². The Hall–Kier alpha value is -3.89. The Balaban J connectivity index is 1.43. The molecule has 2 aromatic heterocycles. The Bertz CT molecular complexity index is 1480. The minimum Gasteiger partial charge on any atom is -0.404 e. The monoisotopic (exact) mass is 482 g/mol. The zero-order valence-electron chi connectivity index (χ0n) is 18.8. The number of carbonyl (C=O) groups is 1. The molecule has 2 aromatic carbocycles. The number of carbonyl (C=O) groups excluding carboxylic acids is 1. The molecule has 4 aromatic rings. The molecule has 0 bridgehead atoms. The summed E-state index contributed by atoms with van der Waals surface area (Å²) in [5, 5.41) is 18.0. The molecule has 1 aliphatic heterocycles. The number of alkyl halides is 3. The molecule has 8 nitrogen and oxygen atoms in total. The van der Waals surface area contributed by atoms with Gasteiger partial charge in [0.15, 0.2) is 23.0 Å². The van der Waals surface area contributed by atoms with Gasteiger partial charge in [-0.3, -0.25) is 4.79 Å². The van der Waals surface area contributed by atoms with Crippen LogP contribution in [-0.4, -0.2) is 38.6 Å². The first-order valence-corrected chi connectivity index (χ1v) is 11.3. The predicted octanol–water partition coefficient (Wildman–Crippen LogP) is 4.57. The summed E-state index contributed by atoms with van der Waals surface area (Å²) in [6.45, 7) is 2.21. The van der Waals surface area contributed by atoms with Crippen LogP contribution >= 0.6 is 0 Å². The molecule has 0 saturated heterocycles. The summed E-state index contributed by atoms with van der Waals surface area (Å²) in [7, 11) is 0. The lowest BCUT2D eigenvalue weighted by Gasteiger charge is -2.31. The van der Waals surface area contributed by atoms with Crippen molar-refractivity contribution in [2.75, 3.05) is 16.8 Å². The first-order chi connectivity index (χ1) is 16.8. The van der Waals surface area contributed by atoms with Gasteiger partial charge in [0.25, 0.3) is 0 Å². The highest BCUT2D eigenvalue weighted by Gasteiger charge is 2.34. The molecule has 3 heterocycles. The maximum atomic E-state index is 13.0. The Kier molecular flexibility index (Phi) is 4.83. The minimum atomic E-state index is -4.86. The van der Waals surface area contributed by atoms with E-state index in [1.807, 2.05) is 28.8 Å². The van der Waals surface area contributed by atoms with Crippen LogP contribution in [0.4, 0.5) is 24.7 Å². The van der Waals surface area contributed by atoms with E-state index in [9.17, 15) is 18.0 Å². The number of fused-ring (bicyclic) bond motifs is 4. The second-order valence-electron chi connectivity index (χ2n) is 8.95. The number of ether oxygens (including phenoxy) is 1. The van der Waals surface area contributed by atoms with Crippen molar-refractivity contribution >= 4 is 33.8 Å². The second-order valence-corrected chi connectivity index (χ2v) is 8.95. The number of rotatable bonds is 4. The summed E-state index contributed by atoms with van der Waals surface area (Å²) in [6.07, 6.45) is -2.24. The van der Waals surface area contributed by atoms with Crippen LogP contribution in [0.5, 0.6) is 5.75 Å². The molecular formula is C24H21F3N6O2. The van der Waals surface area contributed by atoms with Gasteiger partial charge in [0.2, 0.25) is 5.91 Å². The van der Waals surface area contributed by atoms with Gasteiger partial charge in [0.1, 0.15) is 0 Å². The third-order valence-electron chi connectivity index (χ3n) is 6.36. The third-order valence-corrected chi connectivity index (χ3v) is 6.36. The van der Waals surface area contributed by atoms with Gasteiger partial charge in [-0.05, 0) is 42.5 Å². The van der Waals surface area contributed by atoms with E-state index in [1.54, 1.807) is 6.07 Å². The van der Waals surface area contributed by atoms with Crippen LogP contribution in [0.3, 0.4) is 0 Å². The van der Waals surface area contributed by atoms with Crippen LogP contribution < -0.4 is 15.0 Å². The topological polar surface area (TPSA) is 84.7 Å². The van der Waals surface area contributed by atoms with Gasteiger partial charge in [-0.15, -0.1) is 28.5 Å². The van der Waals surface area contributed by atoms with Crippen molar-refractivity contribution < 1.29 is 22.7 Å². The summed E-state index contributed by atoms with van der Waals surface area (Å²) < 4.78 is 44.9. The van der Waals surface area contributed by atoms with Crippen molar-refractivity contribution in [3.8, 4) is 5.75 Å². The number of benzene rings is 2. The van der Waals surface area contributed by atoms with Gasteiger partial charge in [-0.2, -0.15) is 4.52 Å². The fourth-order valence-electron chi connectivity index (χ4n) is 4.67. The Labute approximate surface area is 197 Å².